The fourth-order valence-electron chi connectivity index (χ4n) is 3.56. The molecule has 6 nitrogen and oxygen atoms in total. The van der Waals surface area contributed by atoms with E-state index in [4.69, 9.17) is 4.74 Å². The normalized spacial score (nSPS) is 26.4. The van der Waals surface area contributed by atoms with Crippen molar-refractivity contribution in [3.8, 4) is 0 Å². The zero-order valence-corrected chi connectivity index (χ0v) is 14.9. The van der Waals surface area contributed by atoms with Gasteiger partial charge in [-0.3, -0.25) is 9.79 Å². The summed E-state index contributed by atoms with van der Waals surface area (Å²) in [6.07, 6.45) is 3.18. The first-order chi connectivity index (χ1) is 11.2. The summed E-state index contributed by atoms with van der Waals surface area (Å²) >= 11 is 0. The van der Waals surface area contributed by atoms with Crippen LogP contribution in [-0.4, -0.2) is 74.7 Å². The first kappa shape index (κ1) is 18.0. The highest BCUT2D eigenvalue weighted by Crippen LogP contribution is 2.19. The molecule has 0 aromatic rings. The molecule has 0 spiro atoms. The van der Waals surface area contributed by atoms with Gasteiger partial charge < -0.3 is 19.9 Å². The van der Waals surface area contributed by atoms with Crippen molar-refractivity contribution in [2.24, 2.45) is 16.8 Å². The van der Waals surface area contributed by atoms with E-state index in [-0.39, 0.29) is 11.9 Å². The van der Waals surface area contributed by atoms with Crippen molar-refractivity contribution in [3.05, 3.63) is 0 Å². The van der Waals surface area contributed by atoms with E-state index in [9.17, 15) is 4.79 Å². The molecule has 0 aromatic carbocycles. The van der Waals surface area contributed by atoms with Gasteiger partial charge in [0.2, 0.25) is 0 Å². The van der Waals surface area contributed by atoms with Crippen LogP contribution >= 0.6 is 0 Å². The molecule has 2 rings (SSSR count). The summed E-state index contributed by atoms with van der Waals surface area (Å²) in [7, 11) is 1.82. The molecule has 2 atom stereocenters. The van der Waals surface area contributed by atoms with E-state index in [0.717, 1.165) is 38.4 Å². The zero-order chi connectivity index (χ0) is 16.7. The standard InChI is InChI=1S/C17H32N4O2/c1-4-20-10-8-14(12-20)11-19-17(18-3)21-9-6-7-15(13-21)16(22)23-5-2/h14-15H,4-13H2,1-3H3,(H,18,19). The van der Waals surface area contributed by atoms with Crippen molar-refractivity contribution >= 4 is 11.9 Å². The average Bonchev–Trinajstić information content (AvgIpc) is 3.04. The van der Waals surface area contributed by atoms with Crippen molar-refractivity contribution in [2.45, 2.75) is 33.1 Å². The van der Waals surface area contributed by atoms with Gasteiger partial charge in [0.1, 0.15) is 0 Å². The van der Waals surface area contributed by atoms with Crippen molar-refractivity contribution in [3.63, 3.8) is 0 Å². The van der Waals surface area contributed by atoms with E-state index in [2.05, 4.69) is 27.0 Å². The Morgan fingerprint density at radius 2 is 2.09 bits per heavy atom. The number of carbonyl (C=O) groups is 1. The number of nitrogens with zero attached hydrogens (tertiary/aromatic N) is 3. The lowest BCUT2D eigenvalue weighted by molar-refractivity contribution is -0.149. The molecule has 2 aliphatic heterocycles. The molecule has 132 valence electrons. The van der Waals surface area contributed by atoms with Crippen LogP contribution in [0.4, 0.5) is 0 Å². The lowest BCUT2D eigenvalue weighted by atomic mass is 9.98. The van der Waals surface area contributed by atoms with Crippen LogP contribution in [0.3, 0.4) is 0 Å². The minimum Gasteiger partial charge on any atom is -0.466 e. The summed E-state index contributed by atoms with van der Waals surface area (Å²) in [6.45, 7) is 10.7. The molecule has 2 aliphatic rings. The smallest absolute Gasteiger partial charge is 0.310 e. The van der Waals surface area contributed by atoms with Gasteiger partial charge in [-0.2, -0.15) is 0 Å². The predicted octanol–water partition coefficient (Wildman–Crippen LogP) is 1.18. The van der Waals surface area contributed by atoms with Gasteiger partial charge in [0.15, 0.2) is 5.96 Å². The molecule has 2 saturated heterocycles. The number of esters is 1. The second-order valence-corrected chi connectivity index (χ2v) is 6.51. The Morgan fingerprint density at radius 3 is 2.74 bits per heavy atom. The molecule has 0 amide bonds. The number of hydrogen-bond acceptors (Lipinski definition) is 4. The van der Waals surface area contributed by atoms with Crippen molar-refractivity contribution < 1.29 is 9.53 Å². The van der Waals surface area contributed by atoms with E-state index >= 15 is 0 Å². The highest BCUT2D eigenvalue weighted by Gasteiger charge is 2.29. The minimum atomic E-state index is -0.0676. The van der Waals surface area contributed by atoms with Crippen LogP contribution in [0, 0.1) is 11.8 Å². The maximum absolute atomic E-state index is 12.0. The number of rotatable bonds is 5. The number of guanidine groups is 1. The Bertz CT molecular complexity index is 413. The van der Waals surface area contributed by atoms with Crippen LogP contribution in [0.5, 0.6) is 0 Å². The SMILES string of the molecule is CCOC(=O)C1CCCN(C(=NC)NCC2CCN(CC)C2)C1. The monoisotopic (exact) mass is 324 g/mol. The Hall–Kier alpha value is -1.30. The van der Waals surface area contributed by atoms with Gasteiger partial charge >= 0.3 is 5.97 Å². The Kier molecular flexibility index (Phi) is 7.15. The molecule has 23 heavy (non-hydrogen) atoms. The second kappa shape index (κ2) is 9.11. The van der Waals surface area contributed by atoms with Crippen molar-refractivity contribution in [1.82, 2.24) is 15.1 Å². The lowest BCUT2D eigenvalue weighted by Gasteiger charge is -2.34. The third-order valence-electron chi connectivity index (χ3n) is 4.92. The van der Waals surface area contributed by atoms with Crippen LogP contribution in [0.15, 0.2) is 4.99 Å². The fourth-order valence-corrected chi connectivity index (χ4v) is 3.56. The van der Waals surface area contributed by atoms with Gasteiger partial charge in [-0.25, -0.2) is 0 Å². The largest absolute Gasteiger partial charge is 0.466 e. The third-order valence-corrected chi connectivity index (χ3v) is 4.92. The molecular formula is C17H32N4O2. The van der Waals surface area contributed by atoms with E-state index in [1.54, 1.807) is 0 Å². The first-order valence-corrected chi connectivity index (χ1v) is 9.02. The van der Waals surface area contributed by atoms with Crippen LogP contribution in [0.25, 0.3) is 0 Å². The van der Waals surface area contributed by atoms with E-state index in [1.165, 1.54) is 19.5 Å². The van der Waals surface area contributed by atoms with Gasteiger partial charge in [-0.1, -0.05) is 6.92 Å². The van der Waals surface area contributed by atoms with Crippen LogP contribution in [0.2, 0.25) is 0 Å². The summed E-state index contributed by atoms with van der Waals surface area (Å²) in [5.74, 6) is 1.53. The number of nitrogens with one attached hydrogen (secondary N) is 1. The number of likely N-dealkylation sites (tertiary alicyclic amines) is 2. The number of hydrogen-bond donors (Lipinski definition) is 1. The quantitative estimate of drug-likeness (QED) is 0.467. The van der Waals surface area contributed by atoms with E-state index in [1.807, 2.05) is 14.0 Å². The van der Waals surface area contributed by atoms with Gasteiger partial charge in [0.25, 0.3) is 0 Å². The lowest BCUT2D eigenvalue weighted by Crippen LogP contribution is -2.49. The number of aliphatic imine (C=N–C) groups is 1. The Morgan fingerprint density at radius 1 is 1.26 bits per heavy atom. The minimum absolute atomic E-state index is 0.0238. The highest BCUT2D eigenvalue weighted by atomic mass is 16.5. The first-order valence-electron chi connectivity index (χ1n) is 9.02. The molecular weight excluding hydrogens is 292 g/mol. The summed E-state index contributed by atoms with van der Waals surface area (Å²) < 4.78 is 5.18. The van der Waals surface area contributed by atoms with Crippen molar-refractivity contribution in [2.75, 3.05) is 52.9 Å². The predicted molar refractivity (Wildman–Crippen MR) is 92.5 cm³/mol. The maximum Gasteiger partial charge on any atom is 0.310 e. The molecule has 0 aliphatic carbocycles. The van der Waals surface area contributed by atoms with Crippen LogP contribution in [0.1, 0.15) is 33.1 Å². The molecule has 0 radical (unpaired) electrons. The summed E-state index contributed by atoms with van der Waals surface area (Å²) in [4.78, 5) is 21.1. The summed E-state index contributed by atoms with van der Waals surface area (Å²) in [5.41, 5.74) is 0. The maximum atomic E-state index is 12.0. The Balaban J connectivity index is 1.82. The van der Waals surface area contributed by atoms with Crippen molar-refractivity contribution in [1.29, 1.82) is 0 Å². The molecule has 0 aromatic heterocycles. The van der Waals surface area contributed by atoms with Gasteiger partial charge in [-0.05, 0) is 45.2 Å². The molecule has 0 bridgehead atoms. The molecule has 0 saturated carbocycles. The fraction of sp³-hybridized carbons (Fsp3) is 0.882. The van der Waals surface area contributed by atoms with Crippen LogP contribution in [-0.2, 0) is 9.53 Å². The topological polar surface area (TPSA) is 57.2 Å². The van der Waals surface area contributed by atoms with Crippen LogP contribution < -0.4 is 5.32 Å². The number of ether oxygens (including phenoxy) is 1. The zero-order valence-electron chi connectivity index (χ0n) is 14.9. The van der Waals surface area contributed by atoms with Gasteiger partial charge in [0.05, 0.1) is 12.5 Å². The summed E-state index contributed by atoms with van der Waals surface area (Å²) in [5, 5.41) is 3.51. The summed E-state index contributed by atoms with van der Waals surface area (Å²) in [6, 6.07) is 0. The highest BCUT2D eigenvalue weighted by molar-refractivity contribution is 5.81. The number of carbonyl (C=O) groups excluding carboxylic acids is 1. The molecule has 1 N–H and O–H groups in total. The molecule has 2 heterocycles. The molecule has 6 heteroatoms. The van der Waals surface area contributed by atoms with Gasteiger partial charge in [0, 0.05) is 33.2 Å². The average molecular weight is 324 g/mol. The number of piperidine rings is 1. The molecule has 2 unspecified atom stereocenters. The molecule has 2 fully saturated rings. The second-order valence-electron chi connectivity index (χ2n) is 6.51. The Labute approximate surface area is 140 Å². The van der Waals surface area contributed by atoms with Gasteiger partial charge in [-0.15, -0.1) is 0 Å². The van der Waals surface area contributed by atoms with E-state index in [0.29, 0.717) is 19.1 Å². The third kappa shape index (κ3) is 5.09. The van der Waals surface area contributed by atoms with E-state index < -0.39 is 0 Å².